The first-order chi connectivity index (χ1) is 7.09. The highest BCUT2D eigenvalue weighted by Gasteiger charge is 2.08. The van der Waals surface area contributed by atoms with Gasteiger partial charge in [-0.2, -0.15) is 0 Å². The Labute approximate surface area is 94.2 Å². The highest BCUT2D eigenvalue weighted by atomic mass is 32.1. The van der Waals surface area contributed by atoms with E-state index in [1.54, 1.807) is 0 Å². The molecule has 0 bridgehead atoms. The molecule has 0 unspecified atom stereocenters. The molecule has 0 aliphatic rings. The van der Waals surface area contributed by atoms with Crippen molar-refractivity contribution in [1.29, 1.82) is 0 Å². The van der Waals surface area contributed by atoms with Crippen molar-refractivity contribution in [2.75, 3.05) is 0 Å². The van der Waals surface area contributed by atoms with E-state index in [4.69, 9.17) is 12.2 Å². The molecule has 2 heterocycles. The fourth-order valence-corrected chi connectivity index (χ4v) is 1.97. The number of hydrogen-bond donors (Lipinski definition) is 1. The van der Waals surface area contributed by atoms with Crippen LogP contribution >= 0.6 is 12.2 Å². The second kappa shape index (κ2) is 3.77. The van der Waals surface area contributed by atoms with Gasteiger partial charge in [0.1, 0.15) is 0 Å². The number of hydrogen-bond acceptors (Lipinski definition) is 2. The summed E-state index contributed by atoms with van der Waals surface area (Å²) in [6, 6.07) is 1.99. The van der Waals surface area contributed by atoms with Crippen molar-refractivity contribution in [3.63, 3.8) is 0 Å². The molecule has 80 valence electrons. The lowest BCUT2D eigenvalue weighted by Crippen LogP contribution is -2.04. The summed E-state index contributed by atoms with van der Waals surface area (Å²) >= 11 is 5.30. The highest BCUT2D eigenvalue weighted by Crippen LogP contribution is 2.16. The number of aromatic nitrogens is 3. The van der Waals surface area contributed by atoms with Gasteiger partial charge in [0.2, 0.25) is 0 Å². The molecule has 0 saturated heterocycles. The molecule has 0 spiro atoms. The Morgan fingerprint density at radius 3 is 2.93 bits per heavy atom. The van der Waals surface area contributed by atoms with Gasteiger partial charge < -0.3 is 9.55 Å². The number of imidazole rings is 1. The van der Waals surface area contributed by atoms with Crippen molar-refractivity contribution in [2.45, 2.75) is 27.3 Å². The maximum absolute atomic E-state index is 5.30. The lowest BCUT2D eigenvalue weighted by molar-refractivity contribution is 0.526. The molecule has 0 aromatic carbocycles. The minimum atomic E-state index is 0.568. The van der Waals surface area contributed by atoms with E-state index in [-0.39, 0.29) is 0 Å². The van der Waals surface area contributed by atoms with Gasteiger partial charge in [-0.05, 0) is 36.7 Å². The lowest BCUT2D eigenvalue weighted by Gasteiger charge is -2.06. The van der Waals surface area contributed by atoms with E-state index in [0.717, 1.165) is 22.5 Å². The molecular weight excluding hydrogens is 206 g/mol. The van der Waals surface area contributed by atoms with Crippen molar-refractivity contribution in [1.82, 2.24) is 14.5 Å². The van der Waals surface area contributed by atoms with Crippen LogP contribution < -0.4 is 0 Å². The fourth-order valence-electron chi connectivity index (χ4n) is 1.71. The summed E-state index contributed by atoms with van der Waals surface area (Å²) in [6.45, 7) is 7.33. The molecule has 0 aliphatic heterocycles. The Balaban J connectivity index is 2.69. The van der Waals surface area contributed by atoms with Gasteiger partial charge in [-0.1, -0.05) is 13.8 Å². The number of aryl methyl sites for hydroxylation is 1. The maximum atomic E-state index is 5.30. The first-order valence-corrected chi connectivity index (χ1v) is 5.54. The number of fused-ring (bicyclic) bond motifs is 1. The average molecular weight is 221 g/mol. The smallest absolute Gasteiger partial charge is 0.179 e. The standard InChI is InChI=1S/C11H15N3S/c1-7(2)6-14-10-9(13-11(14)15)8(3)4-5-12-10/h4-5,7H,6H2,1-3H3,(H,13,15). The van der Waals surface area contributed by atoms with Crippen molar-refractivity contribution in [3.8, 4) is 0 Å². The maximum Gasteiger partial charge on any atom is 0.179 e. The minimum absolute atomic E-state index is 0.568. The normalized spacial score (nSPS) is 11.5. The van der Waals surface area contributed by atoms with Crippen LogP contribution in [-0.4, -0.2) is 14.5 Å². The van der Waals surface area contributed by atoms with Gasteiger partial charge >= 0.3 is 0 Å². The summed E-state index contributed by atoms with van der Waals surface area (Å²) in [5.74, 6) is 0.568. The molecule has 2 rings (SSSR count). The zero-order valence-electron chi connectivity index (χ0n) is 9.24. The second-order valence-corrected chi connectivity index (χ2v) is 4.65. The fraction of sp³-hybridized carbons (Fsp3) is 0.455. The van der Waals surface area contributed by atoms with Gasteiger partial charge in [0, 0.05) is 12.7 Å². The van der Waals surface area contributed by atoms with Crippen molar-refractivity contribution < 1.29 is 0 Å². The van der Waals surface area contributed by atoms with E-state index in [0.29, 0.717) is 5.92 Å². The summed E-state index contributed by atoms with van der Waals surface area (Å²) in [5, 5.41) is 0. The van der Waals surface area contributed by atoms with Crippen LogP contribution in [0, 0.1) is 17.6 Å². The lowest BCUT2D eigenvalue weighted by atomic mass is 10.2. The van der Waals surface area contributed by atoms with Crippen LogP contribution in [0.3, 0.4) is 0 Å². The van der Waals surface area contributed by atoms with Crippen LogP contribution in [0.15, 0.2) is 12.3 Å². The van der Waals surface area contributed by atoms with Crippen LogP contribution in [0.5, 0.6) is 0 Å². The molecule has 3 nitrogen and oxygen atoms in total. The average Bonchev–Trinajstić information content (AvgIpc) is 2.45. The summed E-state index contributed by atoms with van der Waals surface area (Å²) in [5.41, 5.74) is 3.21. The molecule has 1 N–H and O–H groups in total. The van der Waals surface area contributed by atoms with E-state index >= 15 is 0 Å². The van der Waals surface area contributed by atoms with E-state index < -0.39 is 0 Å². The molecule has 4 heteroatoms. The quantitative estimate of drug-likeness (QED) is 0.791. The molecule has 0 atom stereocenters. The topological polar surface area (TPSA) is 33.6 Å². The first-order valence-electron chi connectivity index (χ1n) is 5.13. The van der Waals surface area contributed by atoms with Crippen LogP contribution in [-0.2, 0) is 6.54 Å². The molecule has 2 aromatic rings. The third kappa shape index (κ3) is 1.81. The minimum Gasteiger partial charge on any atom is -0.329 e. The summed E-state index contributed by atoms with van der Waals surface area (Å²) < 4.78 is 2.84. The van der Waals surface area contributed by atoms with Crippen molar-refractivity contribution in [2.24, 2.45) is 5.92 Å². The van der Waals surface area contributed by atoms with Crippen LogP contribution in [0.2, 0.25) is 0 Å². The predicted molar refractivity (Wildman–Crippen MR) is 64.5 cm³/mol. The Morgan fingerprint density at radius 2 is 2.27 bits per heavy atom. The van der Waals surface area contributed by atoms with Gasteiger partial charge in [0.25, 0.3) is 0 Å². The van der Waals surface area contributed by atoms with Crippen LogP contribution in [0.25, 0.3) is 11.2 Å². The van der Waals surface area contributed by atoms with E-state index in [1.165, 1.54) is 5.56 Å². The predicted octanol–water partition coefficient (Wildman–Crippen LogP) is 3.06. The zero-order chi connectivity index (χ0) is 11.0. The Morgan fingerprint density at radius 1 is 1.53 bits per heavy atom. The zero-order valence-corrected chi connectivity index (χ0v) is 10.1. The SMILES string of the molecule is Cc1ccnc2c1[nH]c(=S)n2CC(C)C. The monoisotopic (exact) mass is 221 g/mol. The van der Waals surface area contributed by atoms with E-state index in [1.807, 2.05) is 12.3 Å². The summed E-state index contributed by atoms with van der Waals surface area (Å²) in [6.07, 6.45) is 1.83. The molecule has 2 aromatic heterocycles. The Kier molecular flexibility index (Phi) is 2.61. The number of H-pyrrole nitrogens is 1. The molecule has 0 aliphatic carbocycles. The van der Waals surface area contributed by atoms with Crippen molar-refractivity contribution in [3.05, 3.63) is 22.6 Å². The van der Waals surface area contributed by atoms with Crippen LogP contribution in [0.4, 0.5) is 0 Å². The highest BCUT2D eigenvalue weighted by molar-refractivity contribution is 7.71. The van der Waals surface area contributed by atoms with Gasteiger partial charge in [-0.25, -0.2) is 4.98 Å². The van der Waals surface area contributed by atoms with Gasteiger partial charge in [-0.3, -0.25) is 0 Å². The molecular formula is C11H15N3S. The Hall–Kier alpha value is -1.16. The molecule has 0 radical (unpaired) electrons. The number of nitrogens with zero attached hydrogens (tertiary/aromatic N) is 2. The summed E-state index contributed by atoms with van der Waals surface area (Å²) in [4.78, 5) is 7.60. The van der Waals surface area contributed by atoms with Gasteiger partial charge in [0.05, 0.1) is 5.52 Å². The number of pyridine rings is 1. The van der Waals surface area contributed by atoms with E-state index in [9.17, 15) is 0 Å². The second-order valence-electron chi connectivity index (χ2n) is 4.26. The Bertz CT molecular complexity index is 536. The molecule has 0 saturated carbocycles. The van der Waals surface area contributed by atoms with Gasteiger partial charge in [0.15, 0.2) is 10.4 Å². The molecule has 0 amide bonds. The largest absolute Gasteiger partial charge is 0.329 e. The molecule has 0 fully saturated rings. The molecule has 15 heavy (non-hydrogen) atoms. The third-order valence-corrected chi connectivity index (χ3v) is 2.74. The number of aromatic amines is 1. The van der Waals surface area contributed by atoms with Crippen molar-refractivity contribution >= 4 is 23.4 Å². The van der Waals surface area contributed by atoms with Gasteiger partial charge in [-0.15, -0.1) is 0 Å². The van der Waals surface area contributed by atoms with E-state index in [2.05, 4.69) is 35.3 Å². The first kappa shape index (κ1) is 10.4. The number of rotatable bonds is 2. The summed E-state index contributed by atoms with van der Waals surface area (Å²) in [7, 11) is 0. The number of nitrogens with one attached hydrogen (secondary N) is 1. The van der Waals surface area contributed by atoms with Crippen LogP contribution in [0.1, 0.15) is 19.4 Å². The third-order valence-electron chi connectivity index (χ3n) is 2.42.